The van der Waals surface area contributed by atoms with Crippen LogP contribution in [0.25, 0.3) is 55.3 Å². The van der Waals surface area contributed by atoms with Crippen molar-refractivity contribution in [2.24, 2.45) is 0 Å². The minimum absolute atomic E-state index is 1.11. The molecule has 1 heterocycles. The molecule has 0 saturated carbocycles. The minimum atomic E-state index is 1.11. The van der Waals surface area contributed by atoms with Crippen molar-refractivity contribution < 1.29 is 0 Å². The van der Waals surface area contributed by atoms with Crippen LogP contribution in [0.2, 0.25) is 0 Å². The summed E-state index contributed by atoms with van der Waals surface area (Å²) in [6.07, 6.45) is 3.67. The van der Waals surface area contributed by atoms with E-state index >= 15 is 0 Å². The third-order valence-corrected chi connectivity index (χ3v) is 8.12. The van der Waals surface area contributed by atoms with Gasteiger partial charge in [-0.2, -0.15) is 0 Å². The summed E-state index contributed by atoms with van der Waals surface area (Å²) in [5.41, 5.74) is 13.4. The maximum absolute atomic E-state index is 4.16. The van der Waals surface area contributed by atoms with Crippen molar-refractivity contribution in [1.82, 2.24) is 4.98 Å². The summed E-state index contributed by atoms with van der Waals surface area (Å²) in [5.74, 6) is 0. The van der Waals surface area contributed by atoms with Gasteiger partial charge in [-0.05, 0) is 104 Å². The normalized spacial score (nSPS) is 11.4. The average molecular weight is 523 g/mol. The van der Waals surface area contributed by atoms with Crippen LogP contribution in [-0.2, 0) is 0 Å². The molecule has 0 spiro atoms. The van der Waals surface area contributed by atoms with Gasteiger partial charge in [-0.25, -0.2) is 0 Å². The lowest BCUT2D eigenvalue weighted by Gasteiger charge is -2.26. The second-order valence-electron chi connectivity index (χ2n) is 10.4. The first kappa shape index (κ1) is 23.4. The number of pyridine rings is 1. The third kappa shape index (κ3) is 3.92. The molecule has 0 N–H and O–H groups in total. The van der Waals surface area contributed by atoms with Gasteiger partial charge in [-0.3, -0.25) is 4.98 Å². The lowest BCUT2D eigenvalue weighted by molar-refractivity contribution is 1.28. The van der Waals surface area contributed by atoms with Crippen LogP contribution in [0.4, 0.5) is 17.1 Å². The number of fused-ring (bicyclic) bond motifs is 3. The van der Waals surface area contributed by atoms with Crippen LogP contribution in [0.15, 0.2) is 158 Å². The van der Waals surface area contributed by atoms with Crippen molar-refractivity contribution in [2.45, 2.75) is 0 Å². The molecule has 0 aliphatic heterocycles. The molecular formula is C39H26N2. The Labute approximate surface area is 239 Å². The molecular weight excluding hydrogens is 496 g/mol. The first-order valence-corrected chi connectivity index (χ1v) is 14.0. The van der Waals surface area contributed by atoms with Crippen molar-refractivity contribution in [1.29, 1.82) is 0 Å². The number of aromatic nitrogens is 1. The van der Waals surface area contributed by atoms with E-state index in [0.717, 1.165) is 22.6 Å². The summed E-state index contributed by atoms with van der Waals surface area (Å²) in [6, 6.07) is 52.4. The molecule has 0 saturated heterocycles. The molecule has 192 valence electrons. The van der Waals surface area contributed by atoms with Crippen molar-refractivity contribution in [3.63, 3.8) is 0 Å². The van der Waals surface area contributed by atoms with E-state index in [-0.39, 0.29) is 0 Å². The standard InChI is InChI=1S/C39H26N2/c1-2-9-30(10-3-1)41(31-18-16-27(17-19-31)28-22-24-40-25-23-28)32-11-6-8-29(26-32)33-20-21-38-35-13-5-4-12-34(35)37-15-7-14-36(33)39(37)38/h1-26H. The van der Waals surface area contributed by atoms with Gasteiger partial charge in [0, 0.05) is 29.5 Å². The predicted octanol–water partition coefficient (Wildman–Crippen LogP) is 10.7. The summed E-state index contributed by atoms with van der Waals surface area (Å²) in [6.45, 7) is 0. The first-order valence-electron chi connectivity index (χ1n) is 14.0. The molecule has 1 aromatic heterocycles. The molecule has 1 aliphatic carbocycles. The summed E-state index contributed by atoms with van der Waals surface area (Å²) in [4.78, 5) is 6.49. The Kier molecular flexibility index (Phi) is 5.49. The zero-order valence-corrected chi connectivity index (χ0v) is 22.4. The molecule has 2 heteroatoms. The van der Waals surface area contributed by atoms with Gasteiger partial charge in [-0.1, -0.05) is 97.1 Å². The Morgan fingerprint density at radius 3 is 1.73 bits per heavy atom. The highest BCUT2D eigenvalue weighted by atomic mass is 15.1. The lowest BCUT2D eigenvalue weighted by Crippen LogP contribution is -2.09. The molecule has 0 fully saturated rings. The van der Waals surface area contributed by atoms with E-state index in [1.54, 1.807) is 0 Å². The molecule has 0 unspecified atom stereocenters. The van der Waals surface area contributed by atoms with Gasteiger partial charge < -0.3 is 4.90 Å². The summed E-state index contributed by atoms with van der Waals surface area (Å²) in [5, 5.41) is 2.64. The number of rotatable bonds is 5. The molecule has 0 atom stereocenters. The Bertz CT molecular complexity index is 2000. The maximum Gasteiger partial charge on any atom is 0.0467 e. The maximum atomic E-state index is 4.16. The number of nitrogens with zero attached hydrogens (tertiary/aromatic N) is 2. The van der Waals surface area contributed by atoms with Crippen molar-refractivity contribution in [3.05, 3.63) is 158 Å². The monoisotopic (exact) mass is 522 g/mol. The molecule has 7 aromatic rings. The summed E-state index contributed by atoms with van der Waals surface area (Å²) >= 11 is 0. The van der Waals surface area contributed by atoms with E-state index < -0.39 is 0 Å². The van der Waals surface area contributed by atoms with Gasteiger partial charge in [-0.15, -0.1) is 0 Å². The van der Waals surface area contributed by atoms with Crippen LogP contribution in [0.5, 0.6) is 0 Å². The third-order valence-electron chi connectivity index (χ3n) is 8.12. The topological polar surface area (TPSA) is 16.1 Å². The largest absolute Gasteiger partial charge is 0.310 e. The van der Waals surface area contributed by atoms with Crippen LogP contribution >= 0.6 is 0 Å². The second-order valence-corrected chi connectivity index (χ2v) is 10.4. The fourth-order valence-corrected chi connectivity index (χ4v) is 6.24. The lowest BCUT2D eigenvalue weighted by atomic mass is 9.94. The van der Waals surface area contributed by atoms with Gasteiger partial charge in [0.15, 0.2) is 0 Å². The Morgan fingerprint density at radius 1 is 0.366 bits per heavy atom. The molecule has 6 aromatic carbocycles. The highest BCUT2D eigenvalue weighted by Crippen LogP contribution is 2.49. The van der Waals surface area contributed by atoms with Crippen LogP contribution < -0.4 is 4.90 Å². The Balaban J connectivity index is 1.25. The minimum Gasteiger partial charge on any atom is -0.310 e. The van der Waals surface area contributed by atoms with Crippen LogP contribution in [0, 0.1) is 0 Å². The van der Waals surface area contributed by atoms with Gasteiger partial charge in [0.1, 0.15) is 0 Å². The van der Waals surface area contributed by atoms with Gasteiger partial charge in [0.25, 0.3) is 0 Å². The molecule has 41 heavy (non-hydrogen) atoms. The fourth-order valence-electron chi connectivity index (χ4n) is 6.24. The fraction of sp³-hybridized carbons (Fsp3) is 0. The molecule has 0 radical (unpaired) electrons. The van der Waals surface area contributed by atoms with E-state index in [0.29, 0.717) is 0 Å². The predicted molar refractivity (Wildman–Crippen MR) is 172 cm³/mol. The van der Waals surface area contributed by atoms with Crippen LogP contribution in [0.1, 0.15) is 0 Å². The Morgan fingerprint density at radius 2 is 0.951 bits per heavy atom. The number of hydrogen-bond donors (Lipinski definition) is 0. The zero-order chi connectivity index (χ0) is 27.2. The molecule has 0 bridgehead atoms. The van der Waals surface area contributed by atoms with Crippen molar-refractivity contribution in [2.75, 3.05) is 4.90 Å². The van der Waals surface area contributed by atoms with Gasteiger partial charge in [0.05, 0.1) is 0 Å². The van der Waals surface area contributed by atoms with Crippen molar-refractivity contribution >= 4 is 27.8 Å². The van der Waals surface area contributed by atoms with E-state index in [2.05, 4.69) is 143 Å². The highest BCUT2D eigenvalue weighted by Gasteiger charge is 2.22. The first-order chi connectivity index (χ1) is 20.3. The zero-order valence-electron chi connectivity index (χ0n) is 22.4. The van der Waals surface area contributed by atoms with Crippen LogP contribution in [-0.4, -0.2) is 4.98 Å². The van der Waals surface area contributed by atoms with Gasteiger partial charge >= 0.3 is 0 Å². The van der Waals surface area contributed by atoms with Crippen LogP contribution in [0.3, 0.4) is 0 Å². The van der Waals surface area contributed by atoms with E-state index in [4.69, 9.17) is 0 Å². The van der Waals surface area contributed by atoms with E-state index in [9.17, 15) is 0 Å². The van der Waals surface area contributed by atoms with Gasteiger partial charge in [0.2, 0.25) is 0 Å². The SMILES string of the molecule is c1ccc(N(c2ccc(-c3ccncc3)cc2)c2cccc(-c3ccc4c5c(cccc35)-c3ccccc3-4)c2)cc1. The van der Waals surface area contributed by atoms with Crippen molar-refractivity contribution in [3.8, 4) is 44.5 Å². The number of para-hydroxylation sites is 1. The Hall–Kier alpha value is -5.47. The second kappa shape index (κ2) is 9.62. The molecule has 8 rings (SSSR count). The van der Waals surface area contributed by atoms with E-state index in [1.807, 2.05) is 24.5 Å². The smallest absolute Gasteiger partial charge is 0.0467 e. The van der Waals surface area contributed by atoms with E-state index in [1.165, 1.54) is 49.7 Å². The molecule has 2 nitrogen and oxygen atoms in total. The highest BCUT2D eigenvalue weighted by molar-refractivity contribution is 6.18. The molecule has 0 amide bonds. The summed E-state index contributed by atoms with van der Waals surface area (Å²) < 4.78 is 0. The molecule has 1 aliphatic rings. The number of hydrogen-bond acceptors (Lipinski definition) is 2. The quantitative estimate of drug-likeness (QED) is 0.223. The number of benzene rings is 6. The summed E-state index contributed by atoms with van der Waals surface area (Å²) in [7, 11) is 0. The average Bonchev–Trinajstić information content (AvgIpc) is 3.38. The number of anilines is 3.